The predicted octanol–water partition coefficient (Wildman–Crippen LogP) is 4.50. The van der Waals surface area contributed by atoms with E-state index < -0.39 is 35.1 Å². The first-order valence-electron chi connectivity index (χ1n) is 9.53. The number of thiocarbonyl (C=S) groups is 1. The highest BCUT2D eigenvalue weighted by Gasteiger charge is 2.25. The molecule has 2 N–H and O–H groups in total. The van der Waals surface area contributed by atoms with E-state index in [1.54, 1.807) is 13.2 Å². The van der Waals surface area contributed by atoms with Crippen LogP contribution in [0.4, 0.5) is 27.8 Å². The third kappa shape index (κ3) is 5.51. The normalized spacial score (nSPS) is 11.7. The van der Waals surface area contributed by atoms with Gasteiger partial charge in [0.05, 0.1) is 19.8 Å². The van der Waals surface area contributed by atoms with Crippen LogP contribution < -0.4 is 20.1 Å². The van der Waals surface area contributed by atoms with Crippen molar-refractivity contribution in [1.82, 2.24) is 15.1 Å². The third-order valence-corrected chi connectivity index (χ3v) is 4.86. The van der Waals surface area contributed by atoms with Crippen molar-refractivity contribution in [3.63, 3.8) is 0 Å². The van der Waals surface area contributed by atoms with Crippen molar-refractivity contribution in [1.29, 1.82) is 0 Å². The van der Waals surface area contributed by atoms with E-state index in [2.05, 4.69) is 15.7 Å². The lowest BCUT2D eigenvalue weighted by Crippen LogP contribution is -2.30. The van der Waals surface area contributed by atoms with Gasteiger partial charge in [-0.3, -0.25) is 0 Å². The molecule has 1 heterocycles. The summed E-state index contributed by atoms with van der Waals surface area (Å²) in [5, 5.41) is 9.67. The minimum atomic E-state index is -2.39. The maximum atomic E-state index is 14.6. The molecule has 0 radical (unpaired) electrons. The molecule has 3 rings (SSSR count). The Morgan fingerprint density at radius 2 is 1.76 bits per heavy atom. The second kappa shape index (κ2) is 10.5. The van der Waals surface area contributed by atoms with E-state index in [-0.39, 0.29) is 17.0 Å². The molecule has 0 aliphatic carbocycles. The molecule has 0 fully saturated rings. The molecule has 12 heteroatoms. The van der Waals surface area contributed by atoms with Crippen molar-refractivity contribution in [2.24, 2.45) is 0 Å². The molecular weight excluding hydrogens is 467 g/mol. The Kier molecular flexibility index (Phi) is 7.69. The molecule has 0 spiro atoms. The maximum absolute atomic E-state index is 14.6. The summed E-state index contributed by atoms with van der Waals surface area (Å²) in [5.41, 5.74) is -0.0649. The first-order chi connectivity index (χ1) is 15.7. The number of ether oxygens (including phenoxy) is 2. The topological polar surface area (TPSA) is 60.3 Å². The van der Waals surface area contributed by atoms with Gasteiger partial charge in [0.2, 0.25) is 6.30 Å². The Bertz CT molecular complexity index is 1160. The van der Waals surface area contributed by atoms with Gasteiger partial charge in [0, 0.05) is 18.8 Å². The Morgan fingerprint density at radius 3 is 2.45 bits per heavy atom. The molecule has 1 unspecified atom stereocenters. The standard InChI is InChI=1S/C21H19F5N4O2S/c1-31-14-4-3-11(9-15(14)32-2)5-7-27-21(33)28-16-6-8-30(29-16)20(26)12-10-13(22)18(24)19(25)17(12)23/h3-4,6,8-10,20H,5,7H2,1-2H3,(H2,27,28,29,33). The third-order valence-electron chi connectivity index (χ3n) is 4.62. The summed E-state index contributed by atoms with van der Waals surface area (Å²) < 4.78 is 79.3. The lowest BCUT2D eigenvalue weighted by molar-refractivity contribution is 0.257. The molecule has 0 bridgehead atoms. The van der Waals surface area contributed by atoms with Crippen molar-refractivity contribution in [2.75, 3.05) is 26.1 Å². The number of aromatic nitrogens is 2. The van der Waals surface area contributed by atoms with Crippen molar-refractivity contribution in [2.45, 2.75) is 12.7 Å². The van der Waals surface area contributed by atoms with Crippen LogP contribution in [0, 0.1) is 23.3 Å². The Balaban J connectivity index is 1.58. The highest BCUT2D eigenvalue weighted by Crippen LogP contribution is 2.28. The van der Waals surface area contributed by atoms with Crippen LogP contribution in [-0.2, 0) is 6.42 Å². The molecule has 0 saturated carbocycles. The fourth-order valence-electron chi connectivity index (χ4n) is 2.95. The maximum Gasteiger partial charge on any atom is 0.220 e. The molecule has 176 valence electrons. The molecular formula is C21H19F5N4O2S. The Labute approximate surface area is 191 Å². The minimum absolute atomic E-state index is 0.102. The van der Waals surface area contributed by atoms with Crippen LogP contribution in [0.1, 0.15) is 17.4 Å². The number of nitrogens with one attached hydrogen (secondary N) is 2. The second-order valence-electron chi connectivity index (χ2n) is 6.73. The lowest BCUT2D eigenvalue weighted by Gasteiger charge is -2.12. The van der Waals surface area contributed by atoms with Crippen LogP contribution in [0.2, 0.25) is 0 Å². The molecule has 0 aliphatic heterocycles. The molecule has 0 aliphatic rings. The fraction of sp³-hybridized carbons (Fsp3) is 0.238. The second-order valence-corrected chi connectivity index (χ2v) is 7.13. The van der Waals surface area contributed by atoms with Gasteiger partial charge in [-0.05, 0) is 42.4 Å². The quantitative estimate of drug-likeness (QED) is 0.212. The van der Waals surface area contributed by atoms with E-state index in [9.17, 15) is 22.0 Å². The first kappa shape index (κ1) is 24.2. The van der Waals surface area contributed by atoms with Gasteiger partial charge in [0.25, 0.3) is 0 Å². The molecule has 0 saturated heterocycles. The molecule has 0 amide bonds. The largest absolute Gasteiger partial charge is 0.493 e. The predicted molar refractivity (Wildman–Crippen MR) is 115 cm³/mol. The van der Waals surface area contributed by atoms with E-state index in [0.29, 0.717) is 29.1 Å². The van der Waals surface area contributed by atoms with Crippen LogP contribution in [0.15, 0.2) is 36.5 Å². The van der Waals surface area contributed by atoms with Crippen molar-refractivity contribution < 1.29 is 31.4 Å². The summed E-state index contributed by atoms with van der Waals surface area (Å²) >= 11 is 5.17. The average molecular weight is 486 g/mol. The Hall–Kier alpha value is -3.41. The summed E-state index contributed by atoms with van der Waals surface area (Å²) in [5.74, 6) is -6.35. The van der Waals surface area contributed by atoms with E-state index in [1.807, 2.05) is 12.1 Å². The van der Waals surface area contributed by atoms with Crippen molar-refractivity contribution in [3.05, 3.63) is 70.9 Å². The van der Waals surface area contributed by atoms with Gasteiger partial charge in [0.1, 0.15) is 0 Å². The number of halogens is 5. The molecule has 33 heavy (non-hydrogen) atoms. The number of hydrogen-bond donors (Lipinski definition) is 2. The number of hydrogen-bond acceptors (Lipinski definition) is 4. The lowest BCUT2D eigenvalue weighted by atomic mass is 10.1. The number of benzene rings is 2. The van der Waals surface area contributed by atoms with E-state index >= 15 is 0 Å². The van der Waals surface area contributed by atoms with Gasteiger partial charge < -0.3 is 20.1 Å². The zero-order chi connectivity index (χ0) is 24.1. The van der Waals surface area contributed by atoms with Gasteiger partial charge >= 0.3 is 0 Å². The molecule has 6 nitrogen and oxygen atoms in total. The SMILES string of the molecule is COc1ccc(CCNC(=S)Nc2ccn(C(F)c3cc(F)c(F)c(F)c3F)n2)cc1OC. The number of anilines is 1. The first-order valence-corrected chi connectivity index (χ1v) is 9.93. The van der Waals surface area contributed by atoms with Crippen LogP contribution >= 0.6 is 12.2 Å². The van der Waals surface area contributed by atoms with Gasteiger partial charge in [-0.2, -0.15) is 5.10 Å². The van der Waals surface area contributed by atoms with Crippen molar-refractivity contribution >= 4 is 23.1 Å². The monoisotopic (exact) mass is 486 g/mol. The van der Waals surface area contributed by atoms with Crippen LogP contribution in [0.3, 0.4) is 0 Å². The van der Waals surface area contributed by atoms with Crippen LogP contribution in [0.25, 0.3) is 0 Å². The smallest absolute Gasteiger partial charge is 0.220 e. The zero-order valence-corrected chi connectivity index (χ0v) is 18.3. The number of alkyl halides is 1. The summed E-state index contributed by atoms with van der Waals surface area (Å²) in [6.45, 7) is 0.451. The summed E-state index contributed by atoms with van der Waals surface area (Å²) in [4.78, 5) is 0. The van der Waals surface area contributed by atoms with Gasteiger partial charge in [-0.25, -0.2) is 26.6 Å². The summed E-state index contributed by atoms with van der Waals surface area (Å²) in [6, 6.07) is 7.06. The van der Waals surface area contributed by atoms with Crippen LogP contribution in [0.5, 0.6) is 11.5 Å². The molecule has 3 aromatic rings. The highest BCUT2D eigenvalue weighted by atomic mass is 32.1. The van der Waals surface area contributed by atoms with Gasteiger partial charge in [-0.15, -0.1) is 0 Å². The van der Waals surface area contributed by atoms with Gasteiger partial charge in [0.15, 0.2) is 45.7 Å². The zero-order valence-electron chi connectivity index (χ0n) is 17.5. The number of rotatable bonds is 8. The highest BCUT2D eigenvalue weighted by molar-refractivity contribution is 7.80. The molecule has 1 atom stereocenters. The molecule has 2 aromatic carbocycles. The summed E-state index contributed by atoms with van der Waals surface area (Å²) in [6.07, 6.45) is -0.682. The molecule has 1 aromatic heterocycles. The average Bonchev–Trinajstić information content (AvgIpc) is 3.27. The van der Waals surface area contributed by atoms with Crippen molar-refractivity contribution in [3.8, 4) is 11.5 Å². The van der Waals surface area contributed by atoms with E-state index in [1.165, 1.54) is 13.2 Å². The summed E-state index contributed by atoms with van der Waals surface area (Å²) in [7, 11) is 3.08. The van der Waals surface area contributed by atoms with Crippen LogP contribution in [-0.4, -0.2) is 35.7 Å². The Morgan fingerprint density at radius 1 is 1.03 bits per heavy atom. The number of nitrogens with zero attached hydrogens (tertiary/aromatic N) is 2. The fourth-order valence-corrected chi connectivity index (χ4v) is 3.16. The minimum Gasteiger partial charge on any atom is -0.493 e. The van der Waals surface area contributed by atoms with Gasteiger partial charge in [-0.1, -0.05) is 6.07 Å². The van der Waals surface area contributed by atoms with E-state index in [4.69, 9.17) is 21.7 Å². The van der Waals surface area contributed by atoms with E-state index in [0.717, 1.165) is 11.8 Å². The number of methoxy groups -OCH3 is 2.